The van der Waals surface area contributed by atoms with Crippen molar-refractivity contribution in [2.24, 2.45) is 5.92 Å². The smallest absolute Gasteiger partial charge is 0.251 e. The topological polar surface area (TPSA) is 57.8 Å². The third kappa shape index (κ3) is 5.19. The predicted octanol–water partition coefficient (Wildman–Crippen LogP) is 3.32. The van der Waals surface area contributed by atoms with Gasteiger partial charge in [0, 0.05) is 23.7 Å². The van der Waals surface area contributed by atoms with Gasteiger partial charge >= 0.3 is 0 Å². The first-order chi connectivity index (χ1) is 10.0. The summed E-state index contributed by atoms with van der Waals surface area (Å²) in [6, 6.07) is 7.31. The number of nitrogens with one attached hydrogen (secondary N) is 2. The van der Waals surface area contributed by atoms with Crippen LogP contribution in [0.5, 0.6) is 0 Å². The van der Waals surface area contributed by atoms with Crippen molar-refractivity contribution in [3.63, 3.8) is 0 Å². The van der Waals surface area contributed by atoms with Crippen LogP contribution in [0, 0.1) is 5.92 Å². The van der Waals surface area contributed by atoms with Gasteiger partial charge in [-0.3, -0.25) is 4.79 Å². The minimum absolute atomic E-state index is 0.168. The largest absolute Gasteiger partial charge is 0.312 e. The van der Waals surface area contributed by atoms with Crippen molar-refractivity contribution < 1.29 is 0 Å². The molecular formula is C15H18ClN3OS. The Labute approximate surface area is 133 Å². The van der Waals surface area contributed by atoms with Crippen molar-refractivity contribution in [3.05, 3.63) is 51.4 Å². The fourth-order valence-corrected chi connectivity index (χ4v) is 2.84. The van der Waals surface area contributed by atoms with E-state index in [1.807, 2.05) is 18.2 Å². The Kier molecular flexibility index (Phi) is 5.85. The van der Waals surface area contributed by atoms with Crippen LogP contribution in [0.15, 0.2) is 45.3 Å². The molecule has 0 fully saturated rings. The first kappa shape index (κ1) is 16.1. The first-order valence-electron chi connectivity index (χ1n) is 6.77. The summed E-state index contributed by atoms with van der Waals surface area (Å²) in [5.41, 5.74) is 0.970. The Hall–Kier alpha value is -1.30. The SMILES string of the molecule is CC(C)CNCc1ccc(Sc2nccc(=O)[nH]2)c(Cl)c1. The highest BCUT2D eigenvalue weighted by atomic mass is 35.5. The van der Waals surface area contributed by atoms with Gasteiger partial charge in [-0.1, -0.05) is 43.3 Å². The van der Waals surface area contributed by atoms with Crippen molar-refractivity contribution in [1.82, 2.24) is 15.3 Å². The van der Waals surface area contributed by atoms with Gasteiger partial charge in [-0.2, -0.15) is 0 Å². The van der Waals surface area contributed by atoms with E-state index in [4.69, 9.17) is 11.6 Å². The predicted molar refractivity (Wildman–Crippen MR) is 87.0 cm³/mol. The van der Waals surface area contributed by atoms with E-state index in [0.717, 1.165) is 23.5 Å². The van der Waals surface area contributed by atoms with Crippen LogP contribution >= 0.6 is 23.4 Å². The fraction of sp³-hybridized carbons (Fsp3) is 0.333. The molecule has 21 heavy (non-hydrogen) atoms. The second kappa shape index (κ2) is 7.64. The average Bonchev–Trinajstić information content (AvgIpc) is 2.41. The second-order valence-corrected chi connectivity index (χ2v) is 6.57. The lowest BCUT2D eigenvalue weighted by molar-refractivity contribution is 0.552. The maximum absolute atomic E-state index is 11.2. The summed E-state index contributed by atoms with van der Waals surface area (Å²) in [7, 11) is 0. The summed E-state index contributed by atoms with van der Waals surface area (Å²) in [5, 5.41) is 4.58. The molecule has 0 radical (unpaired) electrons. The van der Waals surface area contributed by atoms with E-state index < -0.39 is 0 Å². The lowest BCUT2D eigenvalue weighted by Gasteiger charge is -2.09. The summed E-state index contributed by atoms with van der Waals surface area (Å²) in [4.78, 5) is 18.9. The normalized spacial score (nSPS) is 11.0. The number of nitrogens with zero attached hydrogens (tertiary/aromatic N) is 1. The molecule has 0 aliphatic heterocycles. The van der Waals surface area contributed by atoms with Gasteiger partial charge in [-0.05, 0) is 30.2 Å². The molecule has 1 heterocycles. The van der Waals surface area contributed by atoms with Crippen LogP contribution in [-0.4, -0.2) is 16.5 Å². The number of H-pyrrole nitrogens is 1. The van der Waals surface area contributed by atoms with Gasteiger partial charge in [0.1, 0.15) is 0 Å². The summed E-state index contributed by atoms with van der Waals surface area (Å²) in [6.07, 6.45) is 1.49. The number of hydrogen-bond donors (Lipinski definition) is 2. The number of hydrogen-bond acceptors (Lipinski definition) is 4. The maximum atomic E-state index is 11.2. The van der Waals surface area contributed by atoms with Gasteiger partial charge in [-0.15, -0.1) is 0 Å². The molecule has 0 aliphatic carbocycles. The lowest BCUT2D eigenvalue weighted by Crippen LogP contribution is -2.18. The molecule has 6 heteroatoms. The maximum Gasteiger partial charge on any atom is 0.251 e. The average molecular weight is 324 g/mol. The van der Waals surface area contributed by atoms with Crippen molar-refractivity contribution in [2.45, 2.75) is 30.4 Å². The molecule has 0 saturated carbocycles. The van der Waals surface area contributed by atoms with Gasteiger partial charge in [0.25, 0.3) is 5.56 Å². The minimum Gasteiger partial charge on any atom is -0.312 e. The highest BCUT2D eigenvalue weighted by Crippen LogP contribution is 2.31. The molecule has 0 bridgehead atoms. The minimum atomic E-state index is -0.168. The van der Waals surface area contributed by atoms with Crippen molar-refractivity contribution in [1.29, 1.82) is 0 Å². The standard InChI is InChI=1S/C15H18ClN3OS/c1-10(2)8-17-9-11-3-4-13(12(16)7-11)21-15-18-6-5-14(20)19-15/h3-7,10,17H,8-9H2,1-2H3,(H,18,19,20). The summed E-state index contributed by atoms with van der Waals surface area (Å²) in [6.45, 7) is 6.12. The van der Waals surface area contributed by atoms with E-state index in [1.54, 1.807) is 0 Å². The number of aromatic amines is 1. The number of halogens is 1. The fourth-order valence-electron chi connectivity index (χ4n) is 1.75. The number of rotatable bonds is 6. The van der Waals surface area contributed by atoms with Gasteiger partial charge in [-0.25, -0.2) is 4.98 Å². The molecule has 2 N–H and O–H groups in total. The van der Waals surface area contributed by atoms with Crippen LogP contribution in [-0.2, 0) is 6.54 Å². The van der Waals surface area contributed by atoms with Gasteiger partial charge in [0.15, 0.2) is 5.16 Å². The molecule has 0 atom stereocenters. The molecule has 0 unspecified atom stereocenters. The van der Waals surface area contributed by atoms with Crippen LogP contribution in [0.25, 0.3) is 0 Å². The van der Waals surface area contributed by atoms with E-state index in [0.29, 0.717) is 16.1 Å². The van der Waals surface area contributed by atoms with Crippen LogP contribution in [0.4, 0.5) is 0 Å². The Balaban J connectivity index is 2.03. The Morgan fingerprint density at radius 1 is 1.38 bits per heavy atom. The Morgan fingerprint density at radius 2 is 2.19 bits per heavy atom. The first-order valence-corrected chi connectivity index (χ1v) is 7.96. The van der Waals surface area contributed by atoms with E-state index in [9.17, 15) is 4.79 Å². The molecule has 0 spiro atoms. The Bertz CT molecular complexity index is 657. The van der Waals surface area contributed by atoms with Crippen molar-refractivity contribution >= 4 is 23.4 Å². The molecular weight excluding hydrogens is 306 g/mol. The van der Waals surface area contributed by atoms with Crippen LogP contribution < -0.4 is 10.9 Å². The summed E-state index contributed by atoms with van der Waals surface area (Å²) >= 11 is 7.64. The number of aromatic nitrogens is 2. The zero-order chi connectivity index (χ0) is 15.2. The molecule has 1 aromatic heterocycles. The van der Waals surface area contributed by atoms with Gasteiger partial charge in [0.05, 0.1) is 5.02 Å². The second-order valence-electron chi connectivity index (χ2n) is 5.13. The monoisotopic (exact) mass is 323 g/mol. The quantitative estimate of drug-likeness (QED) is 0.801. The molecule has 0 aliphatic rings. The van der Waals surface area contributed by atoms with Crippen LogP contribution in [0.3, 0.4) is 0 Å². The third-order valence-electron chi connectivity index (χ3n) is 2.73. The third-order valence-corrected chi connectivity index (χ3v) is 4.13. The van der Waals surface area contributed by atoms with E-state index in [2.05, 4.69) is 29.1 Å². The van der Waals surface area contributed by atoms with Gasteiger partial charge < -0.3 is 10.3 Å². The van der Waals surface area contributed by atoms with Crippen molar-refractivity contribution in [2.75, 3.05) is 6.54 Å². The van der Waals surface area contributed by atoms with E-state index >= 15 is 0 Å². The zero-order valence-electron chi connectivity index (χ0n) is 12.0. The lowest BCUT2D eigenvalue weighted by atomic mass is 10.2. The molecule has 2 rings (SSSR count). The molecule has 1 aromatic carbocycles. The van der Waals surface area contributed by atoms with E-state index in [1.165, 1.54) is 24.0 Å². The molecule has 0 saturated heterocycles. The highest BCUT2D eigenvalue weighted by Gasteiger charge is 2.06. The van der Waals surface area contributed by atoms with Crippen molar-refractivity contribution in [3.8, 4) is 0 Å². The Morgan fingerprint density at radius 3 is 2.86 bits per heavy atom. The summed E-state index contributed by atoms with van der Waals surface area (Å²) < 4.78 is 0. The number of benzene rings is 1. The molecule has 112 valence electrons. The van der Waals surface area contributed by atoms with Crippen LogP contribution in [0.1, 0.15) is 19.4 Å². The van der Waals surface area contributed by atoms with E-state index in [-0.39, 0.29) is 5.56 Å². The molecule has 2 aromatic rings. The van der Waals surface area contributed by atoms with Crippen LogP contribution in [0.2, 0.25) is 5.02 Å². The highest BCUT2D eigenvalue weighted by molar-refractivity contribution is 7.99. The molecule has 0 amide bonds. The molecule has 4 nitrogen and oxygen atoms in total. The zero-order valence-corrected chi connectivity index (χ0v) is 13.6. The van der Waals surface area contributed by atoms with Gasteiger partial charge in [0.2, 0.25) is 0 Å². The summed E-state index contributed by atoms with van der Waals surface area (Å²) in [5.74, 6) is 0.622.